The molecule has 2 fully saturated rings. The number of piperazine rings is 1. The van der Waals surface area contributed by atoms with Crippen molar-refractivity contribution in [2.24, 2.45) is 0 Å². The van der Waals surface area contributed by atoms with Crippen LogP contribution in [-0.2, 0) is 14.6 Å². The van der Waals surface area contributed by atoms with E-state index < -0.39 is 9.84 Å². The number of nitrogens with one attached hydrogen (secondary N) is 1. The second kappa shape index (κ2) is 7.74. The zero-order valence-corrected chi connectivity index (χ0v) is 16.9. The number of hydrogen-bond acceptors (Lipinski definition) is 4. The summed E-state index contributed by atoms with van der Waals surface area (Å²) < 4.78 is 23.4. The quantitative estimate of drug-likeness (QED) is 0.777. The predicted octanol–water partition coefficient (Wildman–Crippen LogP) is 0.0789. The highest BCUT2D eigenvalue weighted by atomic mass is 35.5. The van der Waals surface area contributed by atoms with Gasteiger partial charge in [-0.05, 0) is 31.5 Å². The summed E-state index contributed by atoms with van der Waals surface area (Å²) in [5, 5.41) is 0.731. The van der Waals surface area contributed by atoms with Crippen molar-refractivity contribution in [1.29, 1.82) is 0 Å². The Labute approximate surface area is 160 Å². The van der Waals surface area contributed by atoms with E-state index in [1.165, 1.54) is 4.90 Å². The highest BCUT2D eigenvalue weighted by Gasteiger charge is 2.37. The van der Waals surface area contributed by atoms with E-state index in [-0.39, 0.29) is 29.5 Å². The molecule has 144 valence electrons. The summed E-state index contributed by atoms with van der Waals surface area (Å²) in [6.45, 7) is 5.43. The van der Waals surface area contributed by atoms with E-state index in [1.807, 2.05) is 25.1 Å². The number of sulfone groups is 1. The average Bonchev–Trinajstić information content (AvgIpc) is 3.00. The summed E-state index contributed by atoms with van der Waals surface area (Å²) in [6.07, 6.45) is 0.551. The van der Waals surface area contributed by atoms with E-state index in [9.17, 15) is 13.2 Å². The third-order valence-electron chi connectivity index (χ3n) is 5.67. The number of hydrogen-bond donors (Lipinski definition) is 1. The van der Waals surface area contributed by atoms with Gasteiger partial charge >= 0.3 is 0 Å². The molecule has 1 amide bonds. The normalized spacial score (nSPS) is 24.4. The van der Waals surface area contributed by atoms with Crippen molar-refractivity contribution in [3.05, 3.63) is 29.3 Å². The van der Waals surface area contributed by atoms with Gasteiger partial charge in [0.15, 0.2) is 15.9 Å². The van der Waals surface area contributed by atoms with E-state index in [0.717, 1.165) is 36.9 Å². The Morgan fingerprint density at radius 3 is 2.62 bits per heavy atom. The van der Waals surface area contributed by atoms with Crippen molar-refractivity contribution in [2.75, 3.05) is 49.6 Å². The fraction of sp³-hybridized carbons (Fsp3) is 0.611. The Balaban J connectivity index is 1.56. The van der Waals surface area contributed by atoms with Gasteiger partial charge in [0.2, 0.25) is 0 Å². The minimum atomic E-state index is -2.98. The van der Waals surface area contributed by atoms with Gasteiger partial charge in [0.25, 0.3) is 5.91 Å². The first-order chi connectivity index (χ1) is 12.3. The van der Waals surface area contributed by atoms with Crippen LogP contribution in [0.1, 0.15) is 13.3 Å². The Morgan fingerprint density at radius 2 is 2.04 bits per heavy atom. The largest absolute Gasteiger partial charge is 0.360 e. The lowest BCUT2D eigenvalue weighted by atomic mass is 10.1. The molecule has 0 spiro atoms. The lowest BCUT2D eigenvalue weighted by Crippen LogP contribution is -3.19. The van der Waals surface area contributed by atoms with Crippen molar-refractivity contribution in [2.45, 2.75) is 25.4 Å². The van der Waals surface area contributed by atoms with E-state index >= 15 is 0 Å². The smallest absolute Gasteiger partial charge is 0.280 e. The number of benzene rings is 1. The second-order valence-electron chi connectivity index (χ2n) is 7.35. The molecule has 0 unspecified atom stereocenters. The van der Waals surface area contributed by atoms with Crippen LogP contribution in [0.3, 0.4) is 0 Å². The van der Waals surface area contributed by atoms with Crippen LogP contribution in [0.5, 0.6) is 0 Å². The maximum absolute atomic E-state index is 12.8. The molecule has 1 N–H and O–H groups in total. The molecule has 0 aliphatic carbocycles. The van der Waals surface area contributed by atoms with E-state index in [1.54, 1.807) is 11.9 Å². The fourth-order valence-corrected chi connectivity index (χ4v) is 5.86. The summed E-state index contributed by atoms with van der Waals surface area (Å²) in [5.41, 5.74) is 1.11. The number of carbonyl (C=O) groups is 1. The van der Waals surface area contributed by atoms with Gasteiger partial charge in [-0.3, -0.25) is 4.79 Å². The Hall–Kier alpha value is -1.31. The van der Waals surface area contributed by atoms with Crippen LogP contribution in [-0.4, -0.2) is 76.0 Å². The van der Waals surface area contributed by atoms with Crippen LogP contribution in [0.15, 0.2) is 24.3 Å². The van der Waals surface area contributed by atoms with E-state index in [4.69, 9.17) is 11.6 Å². The SMILES string of the molecule is C[C@@H](C(=O)N(C)[C@H]1CCS(=O)(=O)C1)[NH+]1CCN(c2cccc(Cl)c2)CC1. The first-order valence-electron chi connectivity index (χ1n) is 9.09. The maximum atomic E-state index is 12.8. The summed E-state index contributed by atoms with van der Waals surface area (Å²) in [4.78, 5) is 18.0. The molecule has 6 nitrogen and oxygen atoms in total. The highest BCUT2D eigenvalue weighted by molar-refractivity contribution is 7.91. The first-order valence-corrected chi connectivity index (χ1v) is 11.3. The molecule has 0 radical (unpaired) electrons. The molecule has 2 heterocycles. The minimum absolute atomic E-state index is 0.0401. The van der Waals surface area contributed by atoms with Gasteiger partial charge in [-0.25, -0.2) is 8.42 Å². The number of carbonyl (C=O) groups excluding carboxylic acids is 1. The van der Waals surface area contributed by atoms with Crippen molar-refractivity contribution in [1.82, 2.24) is 4.90 Å². The van der Waals surface area contributed by atoms with Crippen molar-refractivity contribution >= 4 is 33.0 Å². The third kappa shape index (κ3) is 4.32. The van der Waals surface area contributed by atoms with Gasteiger partial charge in [0.1, 0.15) is 0 Å². The van der Waals surface area contributed by atoms with E-state index in [0.29, 0.717) is 6.42 Å². The second-order valence-corrected chi connectivity index (χ2v) is 10.0. The first kappa shape index (κ1) is 19.5. The van der Waals surface area contributed by atoms with Crippen LogP contribution < -0.4 is 9.80 Å². The van der Waals surface area contributed by atoms with Crippen LogP contribution >= 0.6 is 11.6 Å². The topological polar surface area (TPSA) is 62.1 Å². The summed E-state index contributed by atoms with van der Waals surface area (Å²) in [6, 6.07) is 7.50. The van der Waals surface area contributed by atoms with Gasteiger partial charge in [0.05, 0.1) is 37.7 Å². The molecule has 2 atom stereocenters. The minimum Gasteiger partial charge on any atom is -0.360 e. The maximum Gasteiger partial charge on any atom is 0.280 e. The number of halogens is 1. The molecule has 1 aromatic carbocycles. The van der Waals surface area contributed by atoms with Gasteiger partial charge in [-0.2, -0.15) is 0 Å². The van der Waals surface area contributed by atoms with Crippen LogP contribution in [0, 0.1) is 0 Å². The van der Waals surface area contributed by atoms with Gasteiger partial charge < -0.3 is 14.7 Å². The molecule has 2 saturated heterocycles. The molecular formula is C18H27ClN3O3S+. The predicted molar refractivity (Wildman–Crippen MR) is 104 cm³/mol. The average molecular weight is 401 g/mol. The fourth-order valence-electron chi connectivity index (χ4n) is 3.90. The third-order valence-corrected chi connectivity index (χ3v) is 7.65. The van der Waals surface area contributed by atoms with Crippen LogP contribution in [0.25, 0.3) is 0 Å². The number of rotatable bonds is 4. The molecular weight excluding hydrogens is 374 g/mol. The number of likely N-dealkylation sites (N-methyl/N-ethyl adjacent to an activating group) is 1. The van der Waals surface area contributed by atoms with Gasteiger partial charge in [0, 0.05) is 23.8 Å². The highest BCUT2D eigenvalue weighted by Crippen LogP contribution is 2.19. The monoisotopic (exact) mass is 400 g/mol. The van der Waals surface area contributed by atoms with Crippen molar-refractivity contribution in [3.63, 3.8) is 0 Å². The van der Waals surface area contributed by atoms with Gasteiger partial charge in [-0.15, -0.1) is 0 Å². The molecule has 8 heteroatoms. The zero-order chi connectivity index (χ0) is 18.9. The van der Waals surface area contributed by atoms with Crippen LogP contribution in [0.2, 0.25) is 5.02 Å². The number of quaternary nitrogens is 1. The Bertz CT molecular complexity index is 763. The molecule has 26 heavy (non-hydrogen) atoms. The molecule has 3 rings (SSSR count). The molecule has 2 aliphatic rings. The summed E-state index contributed by atoms with van der Waals surface area (Å²) in [7, 11) is -1.24. The number of anilines is 1. The van der Waals surface area contributed by atoms with Crippen molar-refractivity contribution in [3.8, 4) is 0 Å². The standard InChI is InChI=1S/C18H26ClN3O3S/c1-14(18(23)20(2)17-6-11-26(24,25)13-17)21-7-9-22(10-8-21)16-5-3-4-15(19)12-16/h3-5,12,14,17H,6-11,13H2,1-2H3/p+1/t14-,17-/m0/s1. The Morgan fingerprint density at radius 1 is 1.35 bits per heavy atom. The van der Waals surface area contributed by atoms with Crippen molar-refractivity contribution < 1.29 is 18.1 Å². The Kier molecular flexibility index (Phi) is 5.79. The molecule has 2 aliphatic heterocycles. The lowest BCUT2D eigenvalue weighted by molar-refractivity contribution is -0.915. The van der Waals surface area contributed by atoms with Crippen LogP contribution in [0.4, 0.5) is 5.69 Å². The molecule has 0 bridgehead atoms. The zero-order valence-electron chi connectivity index (χ0n) is 15.3. The van der Waals surface area contributed by atoms with Gasteiger partial charge in [-0.1, -0.05) is 17.7 Å². The molecule has 0 aromatic heterocycles. The summed E-state index contributed by atoms with van der Waals surface area (Å²) >= 11 is 6.08. The molecule has 1 aromatic rings. The summed E-state index contributed by atoms with van der Waals surface area (Å²) in [5.74, 6) is 0.326. The van der Waals surface area contributed by atoms with E-state index in [2.05, 4.69) is 11.0 Å². The molecule has 0 saturated carbocycles. The number of nitrogens with zero attached hydrogens (tertiary/aromatic N) is 2. The number of amides is 1. The lowest BCUT2D eigenvalue weighted by Gasteiger charge is -2.37.